The molecule has 0 bridgehead atoms. The van der Waals surface area contributed by atoms with Crippen LogP contribution in [0.5, 0.6) is 23.0 Å². The van der Waals surface area contributed by atoms with Crippen LogP contribution in [-0.2, 0) is 9.59 Å². The molecular weight excluding hydrogens is 312 g/mol. The van der Waals surface area contributed by atoms with Gasteiger partial charge in [0.2, 0.25) is 5.75 Å². The van der Waals surface area contributed by atoms with E-state index in [4.69, 9.17) is 9.47 Å². The van der Waals surface area contributed by atoms with Gasteiger partial charge in [-0.1, -0.05) is 25.3 Å². The number of fused-ring (bicyclic) bond motifs is 1. The summed E-state index contributed by atoms with van der Waals surface area (Å²) in [4.78, 5) is 23.6. The van der Waals surface area contributed by atoms with Gasteiger partial charge >= 0.3 is 11.9 Å². The minimum absolute atomic E-state index is 0.0996. The van der Waals surface area contributed by atoms with Gasteiger partial charge < -0.3 is 19.7 Å². The Morgan fingerprint density at radius 3 is 2.12 bits per heavy atom. The Balaban J connectivity index is 2.68. The van der Waals surface area contributed by atoms with Crippen molar-refractivity contribution >= 4 is 22.7 Å². The largest absolute Gasteiger partial charge is 0.507 e. The first-order chi connectivity index (χ1) is 11.2. The van der Waals surface area contributed by atoms with Crippen LogP contribution < -0.4 is 9.47 Å². The van der Waals surface area contributed by atoms with Gasteiger partial charge in [0.1, 0.15) is 5.75 Å². The van der Waals surface area contributed by atoms with Gasteiger partial charge in [0.25, 0.3) is 0 Å². The average molecular weight is 328 g/mol. The average Bonchev–Trinajstić information content (AvgIpc) is 2.51. The molecule has 6 nitrogen and oxygen atoms in total. The molecular formula is C18H16O6. The summed E-state index contributed by atoms with van der Waals surface area (Å²) in [7, 11) is 0. The van der Waals surface area contributed by atoms with Crippen molar-refractivity contribution in [1.82, 2.24) is 0 Å². The summed E-state index contributed by atoms with van der Waals surface area (Å²) in [6.45, 7) is 9.80. The molecule has 2 rings (SSSR count). The molecule has 0 fully saturated rings. The number of hydrogen-bond donors (Lipinski definition) is 2. The van der Waals surface area contributed by atoms with Gasteiger partial charge in [-0.3, -0.25) is 0 Å². The molecule has 2 aromatic carbocycles. The summed E-state index contributed by atoms with van der Waals surface area (Å²) in [5.41, 5.74) is 0.214. The number of phenols is 2. The van der Waals surface area contributed by atoms with Crippen LogP contribution in [0.25, 0.3) is 10.8 Å². The number of phenolic OH excluding ortho intramolecular Hbond substituents is 2. The molecule has 0 aliphatic carbocycles. The Morgan fingerprint density at radius 1 is 0.958 bits per heavy atom. The fourth-order valence-electron chi connectivity index (χ4n) is 1.89. The number of esters is 2. The Labute approximate surface area is 138 Å². The van der Waals surface area contributed by atoms with Crippen LogP contribution in [0.1, 0.15) is 13.8 Å². The van der Waals surface area contributed by atoms with Crippen molar-refractivity contribution in [1.29, 1.82) is 0 Å². The van der Waals surface area contributed by atoms with Gasteiger partial charge in [-0.15, -0.1) is 0 Å². The van der Waals surface area contributed by atoms with Crippen LogP contribution in [0.2, 0.25) is 0 Å². The second kappa shape index (κ2) is 6.45. The molecule has 0 radical (unpaired) electrons. The molecule has 124 valence electrons. The number of rotatable bonds is 4. The standard InChI is InChI=1S/C18H16O6/c1-9(2)17(21)23-14-8-12-11(6-5-7-13(12)19)15(20)16(14)24-18(22)10(3)4/h5-8,19-20H,1,3H2,2,4H3. The highest BCUT2D eigenvalue weighted by molar-refractivity contribution is 5.99. The fourth-order valence-corrected chi connectivity index (χ4v) is 1.89. The first kappa shape index (κ1) is 17.1. The number of hydrogen-bond acceptors (Lipinski definition) is 6. The second-order valence-electron chi connectivity index (χ2n) is 5.26. The third-order valence-electron chi connectivity index (χ3n) is 3.15. The summed E-state index contributed by atoms with van der Waals surface area (Å²) in [6.07, 6.45) is 0. The van der Waals surface area contributed by atoms with E-state index < -0.39 is 17.7 Å². The van der Waals surface area contributed by atoms with Crippen LogP contribution in [0.3, 0.4) is 0 Å². The quantitative estimate of drug-likeness (QED) is 0.508. The normalized spacial score (nSPS) is 10.2. The van der Waals surface area contributed by atoms with Crippen LogP contribution in [0.15, 0.2) is 48.6 Å². The minimum atomic E-state index is -0.794. The second-order valence-corrected chi connectivity index (χ2v) is 5.26. The van der Waals surface area contributed by atoms with E-state index >= 15 is 0 Å². The first-order valence-electron chi connectivity index (χ1n) is 6.95. The zero-order valence-electron chi connectivity index (χ0n) is 13.3. The number of ether oxygens (including phenoxy) is 2. The summed E-state index contributed by atoms with van der Waals surface area (Å²) < 4.78 is 10.2. The van der Waals surface area contributed by atoms with E-state index in [-0.39, 0.29) is 39.2 Å². The topological polar surface area (TPSA) is 93.1 Å². The molecule has 2 N–H and O–H groups in total. The lowest BCUT2D eigenvalue weighted by Crippen LogP contribution is -2.13. The zero-order chi connectivity index (χ0) is 18.0. The molecule has 0 unspecified atom stereocenters. The van der Waals surface area contributed by atoms with Gasteiger partial charge in [-0.25, -0.2) is 9.59 Å². The van der Waals surface area contributed by atoms with E-state index in [1.807, 2.05) is 0 Å². The summed E-state index contributed by atoms with van der Waals surface area (Å²) in [5.74, 6) is -2.69. The molecule has 0 amide bonds. The van der Waals surface area contributed by atoms with E-state index in [2.05, 4.69) is 13.2 Å². The van der Waals surface area contributed by atoms with Crippen LogP contribution in [0, 0.1) is 0 Å². The van der Waals surface area contributed by atoms with Gasteiger partial charge in [0.05, 0.1) is 0 Å². The van der Waals surface area contributed by atoms with Crippen LogP contribution in [0.4, 0.5) is 0 Å². The van der Waals surface area contributed by atoms with E-state index in [0.29, 0.717) is 0 Å². The Hall–Kier alpha value is -3.28. The summed E-state index contributed by atoms with van der Waals surface area (Å²) >= 11 is 0. The molecule has 0 atom stereocenters. The zero-order valence-corrected chi connectivity index (χ0v) is 13.3. The van der Waals surface area contributed by atoms with Crippen LogP contribution >= 0.6 is 0 Å². The highest BCUT2D eigenvalue weighted by atomic mass is 16.6. The van der Waals surface area contributed by atoms with E-state index in [0.717, 1.165) is 0 Å². The van der Waals surface area contributed by atoms with Gasteiger partial charge in [0.15, 0.2) is 11.5 Å². The predicted octanol–water partition coefficient (Wildman–Crippen LogP) is 3.21. The Morgan fingerprint density at radius 2 is 1.54 bits per heavy atom. The number of aromatic hydroxyl groups is 2. The van der Waals surface area contributed by atoms with E-state index in [1.54, 1.807) is 0 Å². The van der Waals surface area contributed by atoms with Crippen LogP contribution in [-0.4, -0.2) is 22.2 Å². The van der Waals surface area contributed by atoms with Gasteiger partial charge in [0, 0.05) is 21.9 Å². The number of carbonyl (C=O) groups is 2. The molecule has 0 aromatic heterocycles. The first-order valence-corrected chi connectivity index (χ1v) is 6.95. The highest BCUT2D eigenvalue weighted by Gasteiger charge is 2.22. The smallest absolute Gasteiger partial charge is 0.338 e. The van der Waals surface area contributed by atoms with Crippen molar-refractivity contribution < 1.29 is 29.3 Å². The van der Waals surface area contributed by atoms with E-state index in [1.165, 1.54) is 38.1 Å². The lowest BCUT2D eigenvalue weighted by Gasteiger charge is -2.14. The molecule has 0 heterocycles. The summed E-state index contributed by atoms with van der Waals surface area (Å²) in [6, 6.07) is 5.74. The maximum atomic E-state index is 11.8. The SMILES string of the molecule is C=C(C)C(=O)Oc1cc2c(O)cccc2c(O)c1OC(=O)C(=C)C. The monoisotopic (exact) mass is 328 g/mol. The maximum Gasteiger partial charge on any atom is 0.338 e. The molecule has 0 spiro atoms. The lowest BCUT2D eigenvalue weighted by molar-refractivity contribution is -0.132. The molecule has 0 aliphatic rings. The molecule has 2 aromatic rings. The number of benzene rings is 2. The van der Waals surface area contributed by atoms with Crippen molar-refractivity contribution in [2.45, 2.75) is 13.8 Å². The Bertz CT molecular complexity index is 879. The fraction of sp³-hybridized carbons (Fsp3) is 0.111. The van der Waals surface area contributed by atoms with Crippen molar-refractivity contribution in [2.75, 3.05) is 0 Å². The molecule has 0 aliphatic heterocycles. The van der Waals surface area contributed by atoms with E-state index in [9.17, 15) is 19.8 Å². The van der Waals surface area contributed by atoms with Gasteiger partial charge in [-0.2, -0.15) is 0 Å². The molecule has 0 saturated heterocycles. The summed E-state index contributed by atoms with van der Waals surface area (Å²) in [5, 5.41) is 20.8. The van der Waals surface area contributed by atoms with Crippen molar-refractivity contribution in [3.05, 3.63) is 48.6 Å². The third-order valence-corrected chi connectivity index (χ3v) is 3.15. The van der Waals surface area contributed by atoms with Crippen molar-refractivity contribution in [3.63, 3.8) is 0 Å². The maximum absolute atomic E-state index is 11.8. The highest BCUT2D eigenvalue weighted by Crippen LogP contribution is 2.45. The number of carbonyl (C=O) groups excluding carboxylic acids is 2. The Kier molecular flexibility index (Phi) is 4.59. The molecule has 6 heteroatoms. The molecule has 0 saturated carbocycles. The lowest BCUT2D eigenvalue weighted by atomic mass is 10.1. The molecule has 24 heavy (non-hydrogen) atoms. The predicted molar refractivity (Wildman–Crippen MR) is 88.2 cm³/mol. The third kappa shape index (κ3) is 3.22. The van der Waals surface area contributed by atoms with Gasteiger partial charge in [-0.05, 0) is 26.0 Å². The minimum Gasteiger partial charge on any atom is -0.507 e. The van der Waals surface area contributed by atoms with Crippen molar-refractivity contribution in [2.24, 2.45) is 0 Å². The van der Waals surface area contributed by atoms with Crippen molar-refractivity contribution in [3.8, 4) is 23.0 Å².